The molecule has 0 saturated carbocycles. The lowest BCUT2D eigenvalue weighted by atomic mass is 9.90. The number of nitrogens with zero attached hydrogens (tertiary/aromatic N) is 1. The number of carboxylic acid groups (broad SMARTS) is 1. The van der Waals surface area contributed by atoms with Crippen LogP contribution in [0.25, 0.3) is 0 Å². The van der Waals surface area contributed by atoms with Gasteiger partial charge in [-0.3, -0.25) is 4.79 Å². The molecule has 4 heteroatoms. The Morgan fingerprint density at radius 1 is 1.47 bits per heavy atom. The summed E-state index contributed by atoms with van der Waals surface area (Å²) in [6.45, 7) is 7.89. The Morgan fingerprint density at radius 3 is 2.53 bits per heavy atom. The van der Waals surface area contributed by atoms with Crippen molar-refractivity contribution in [3.05, 3.63) is 17.3 Å². The molecule has 1 N–H and O–H groups in total. The van der Waals surface area contributed by atoms with E-state index in [4.69, 9.17) is 9.52 Å². The van der Waals surface area contributed by atoms with E-state index in [0.717, 1.165) is 5.69 Å². The van der Waals surface area contributed by atoms with E-state index >= 15 is 0 Å². The van der Waals surface area contributed by atoms with E-state index in [1.165, 1.54) is 0 Å². The van der Waals surface area contributed by atoms with Gasteiger partial charge < -0.3 is 9.52 Å². The van der Waals surface area contributed by atoms with Crippen LogP contribution in [-0.4, -0.2) is 16.1 Å². The van der Waals surface area contributed by atoms with Crippen molar-refractivity contribution < 1.29 is 14.3 Å². The molecular formula is C11H17NO3. The van der Waals surface area contributed by atoms with Crippen LogP contribution in [0.15, 0.2) is 4.42 Å². The van der Waals surface area contributed by atoms with Gasteiger partial charge in [-0.2, -0.15) is 0 Å². The minimum Gasteiger partial charge on any atom is -0.481 e. The van der Waals surface area contributed by atoms with Crippen molar-refractivity contribution in [2.75, 3.05) is 0 Å². The van der Waals surface area contributed by atoms with E-state index in [0.29, 0.717) is 18.1 Å². The van der Waals surface area contributed by atoms with Crippen molar-refractivity contribution in [1.29, 1.82) is 0 Å². The molecule has 4 nitrogen and oxygen atoms in total. The fraction of sp³-hybridized carbons (Fsp3) is 0.636. The second-order valence-corrected chi connectivity index (χ2v) is 4.65. The molecule has 15 heavy (non-hydrogen) atoms. The van der Waals surface area contributed by atoms with Crippen molar-refractivity contribution in [3.8, 4) is 0 Å². The zero-order valence-corrected chi connectivity index (χ0v) is 9.63. The summed E-state index contributed by atoms with van der Waals surface area (Å²) in [6, 6.07) is 0. The topological polar surface area (TPSA) is 63.3 Å². The number of hydrogen-bond donors (Lipinski definition) is 1. The molecule has 0 aromatic carbocycles. The second-order valence-electron chi connectivity index (χ2n) is 4.65. The van der Waals surface area contributed by atoms with Crippen molar-refractivity contribution >= 4 is 5.97 Å². The quantitative estimate of drug-likeness (QED) is 0.833. The summed E-state index contributed by atoms with van der Waals surface area (Å²) < 4.78 is 5.42. The van der Waals surface area contributed by atoms with Crippen LogP contribution in [0.1, 0.15) is 44.5 Å². The van der Waals surface area contributed by atoms with Crippen molar-refractivity contribution in [2.24, 2.45) is 0 Å². The van der Waals surface area contributed by atoms with E-state index in [1.807, 2.05) is 20.8 Å². The molecule has 1 rings (SSSR count). The highest BCUT2D eigenvalue weighted by atomic mass is 16.4. The highest BCUT2D eigenvalue weighted by Crippen LogP contribution is 2.26. The van der Waals surface area contributed by atoms with E-state index in [2.05, 4.69) is 4.98 Å². The molecule has 0 radical (unpaired) electrons. The molecule has 1 aromatic rings. The van der Waals surface area contributed by atoms with Gasteiger partial charge in [-0.1, -0.05) is 20.8 Å². The van der Waals surface area contributed by atoms with E-state index in [1.54, 1.807) is 6.92 Å². The van der Waals surface area contributed by atoms with Gasteiger partial charge in [0.1, 0.15) is 5.76 Å². The third kappa shape index (κ3) is 3.08. The maximum absolute atomic E-state index is 10.5. The van der Waals surface area contributed by atoms with Crippen LogP contribution in [0.3, 0.4) is 0 Å². The first-order valence-electron chi connectivity index (χ1n) is 4.99. The highest BCUT2D eigenvalue weighted by molar-refractivity contribution is 5.67. The number of carbonyl (C=O) groups is 1. The van der Waals surface area contributed by atoms with Gasteiger partial charge in [0.2, 0.25) is 0 Å². The van der Waals surface area contributed by atoms with Crippen molar-refractivity contribution in [1.82, 2.24) is 4.98 Å². The number of rotatable bonds is 3. The van der Waals surface area contributed by atoms with Crippen LogP contribution in [0.4, 0.5) is 0 Å². The lowest BCUT2D eigenvalue weighted by molar-refractivity contribution is -0.137. The Hall–Kier alpha value is -1.32. The van der Waals surface area contributed by atoms with E-state index < -0.39 is 5.97 Å². The second kappa shape index (κ2) is 4.04. The Kier molecular flexibility index (Phi) is 3.17. The summed E-state index contributed by atoms with van der Waals surface area (Å²) in [6.07, 6.45) is 0.487. The van der Waals surface area contributed by atoms with Crippen LogP contribution < -0.4 is 0 Å². The summed E-state index contributed by atoms with van der Waals surface area (Å²) in [5, 5.41) is 8.61. The molecule has 0 aliphatic rings. The van der Waals surface area contributed by atoms with E-state index in [9.17, 15) is 4.79 Å². The molecule has 0 spiro atoms. The minimum absolute atomic E-state index is 0.0811. The van der Waals surface area contributed by atoms with Crippen LogP contribution in [0, 0.1) is 6.92 Å². The fourth-order valence-electron chi connectivity index (χ4n) is 1.45. The average molecular weight is 211 g/mol. The number of aryl methyl sites for hydroxylation is 2. The number of carboxylic acids is 1. The first-order valence-corrected chi connectivity index (χ1v) is 4.99. The first kappa shape index (κ1) is 11.8. The summed E-state index contributed by atoms with van der Waals surface area (Å²) in [4.78, 5) is 14.8. The fourth-order valence-corrected chi connectivity index (χ4v) is 1.45. The number of hydrogen-bond acceptors (Lipinski definition) is 3. The Balaban J connectivity index is 2.91. The molecule has 0 unspecified atom stereocenters. The molecule has 0 saturated heterocycles. The molecule has 0 aliphatic heterocycles. The normalized spacial score (nSPS) is 11.7. The number of oxazole rings is 1. The Labute approximate surface area is 89.3 Å². The maximum Gasteiger partial charge on any atom is 0.303 e. The molecule has 1 heterocycles. The van der Waals surface area contributed by atoms with Gasteiger partial charge in [-0.15, -0.1) is 0 Å². The number of aliphatic carboxylic acids is 1. The molecule has 0 atom stereocenters. The molecule has 1 aromatic heterocycles. The zero-order chi connectivity index (χ0) is 11.6. The molecule has 0 fully saturated rings. The number of aromatic nitrogens is 1. The van der Waals surface area contributed by atoms with Crippen molar-refractivity contribution in [2.45, 2.75) is 46.0 Å². The van der Waals surface area contributed by atoms with Gasteiger partial charge in [0, 0.05) is 18.8 Å². The predicted octanol–water partition coefficient (Wildman–Crippen LogP) is 2.30. The minimum atomic E-state index is -0.816. The SMILES string of the molecule is Cc1nc(C(C)(C)C)c(CCC(=O)O)o1. The van der Waals surface area contributed by atoms with Crippen molar-refractivity contribution in [3.63, 3.8) is 0 Å². The lowest BCUT2D eigenvalue weighted by Gasteiger charge is -2.15. The zero-order valence-electron chi connectivity index (χ0n) is 9.63. The van der Waals surface area contributed by atoms with Gasteiger partial charge in [0.25, 0.3) is 0 Å². The smallest absolute Gasteiger partial charge is 0.303 e. The molecule has 0 bridgehead atoms. The summed E-state index contributed by atoms with van der Waals surface area (Å²) in [7, 11) is 0. The van der Waals surface area contributed by atoms with Gasteiger partial charge in [0.15, 0.2) is 5.89 Å². The molecular weight excluding hydrogens is 194 g/mol. The first-order chi connectivity index (χ1) is 6.80. The molecule has 0 amide bonds. The third-order valence-corrected chi connectivity index (χ3v) is 2.08. The Morgan fingerprint density at radius 2 is 2.07 bits per heavy atom. The summed E-state index contributed by atoms with van der Waals surface area (Å²) >= 11 is 0. The van der Waals surface area contributed by atoms with Crippen LogP contribution in [0.2, 0.25) is 0 Å². The average Bonchev–Trinajstić information content (AvgIpc) is 2.42. The lowest BCUT2D eigenvalue weighted by Crippen LogP contribution is -2.14. The molecule has 84 valence electrons. The van der Waals surface area contributed by atoms with Crippen LogP contribution in [-0.2, 0) is 16.6 Å². The molecule has 0 aliphatic carbocycles. The largest absolute Gasteiger partial charge is 0.481 e. The van der Waals surface area contributed by atoms with Crippen LogP contribution in [0.5, 0.6) is 0 Å². The standard InChI is InChI=1S/C11H17NO3/c1-7-12-10(11(2,3)4)8(15-7)5-6-9(13)14/h5-6H2,1-4H3,(H,13,14). The Bertz CT molecular complexity index is 360. The van der Waals surface area contributed by atoms with E-state index in [-0.39, 0.29) is 11.8 Å². The summed E-state index contributed by atoms with van der Waals surface area (Å²) in [5.74, 6) is 0.478. The van der Waals surface area contributed by atoms with Gasteiger partial charge >= 0.3 is 5.97 Å². The van der Waals surface area contributed by atoms with Gasteiger partial charge in [-0.05, 0) is 0 Å². The van der Waals surface area contributed by atoms with Gasteiger partial charge in [0.05, 0.1) is 12.1 Å². The van der Waals surface area contributed by atoms with Crippen LogP contribution >= 0.6 is 0 Å². The predicted molar refractivity (Wildman–Crippen MR) is 55.9 cm³/mol. The van der Waals surface area contributed by atoms with Gasteiger partial charge in [-0.25, -0.2) is 4.98 Å². The highest BCUT2D eigenvalue weighted by Gasteiger charge is 2.23. The maximum atomic E-state index is 10.5. The monoisotopic (exact) mass is 211 g/mol. The summed E-state index contributed by atoms with van der Waals surface area (Å²) in [5.41, 5.74) is 0.757. The third-order valence-electron chi connectivity index (χ3n) is 2.08.